The van der Waals surface area contributed by atoms with Crippen LogP contribution < -0.4 is 11.1 Å². The number of nitrogens with two attached hydrogens (primary N) is 1. The number of carbonyl (C=O) groups excluding carboxylic acids is 1. The zero-order chi connectivity index (χ0) is 12.1. The fraction of sp³-hybridized carbons (Fsp3) is 0.917. The normalized spacial score (nSPS) is 31.5. The predicted octanol–water partition coefficient (Wildman–Crippen LogP) is -0.297. The van der Waals surface area contributed by atoms with Crippen LogP contribution in [0.1, 0.15) is 25.7 Å². The van der Waals surface area contributed by atoms with Crippen molar-refractivity contribution in [3.05, 3.63) is 0 Å². The largest absolute Gasteiger partial charge is 0.376 e. The number of piperidine rings is 2. The maximum absolute atomic E-state index is 11.0. The summed E-state index contributed by atoms with van der Waals surface area (Å²) < 4.78 is 5.90. The Hall–Kier alpha value is -0.650. The fourth-order valence-electron chi connectivity index (χ4n) is 2.66. The Morgan fingerprint density at radius 3 is 2.82 bits per heavy atom. The Balaban J connectivity index is 1.80. The minimum absolute atomic E-state index is 0.0654. The summed E-state index contributed by atoms with van der Waals surface area (Å²) in [6.45, 7) is 3.46. The molecular weight excluding hydrogens is 218 g/mol. The van der Waals surface area contributed by atoms with Gasteiger partial charge in [0.2, 0.25) is 6.41 Å². The van der Waals surface area contributed by atoms with E-state index in [1.54, 1.807) is 4.90 Å². The molecule has 0 radical (unpaired) electrons. The molecule has 98 valence electrons. The fourth-order valence-corrected chi connectivity index (χ4v) is 2.66. The number of carbonyl (C=O) groups is 1. The summed E-state index contributed by atoms with van der Waals surface area (Å²) in [5.41, 5.74) is 6.07. The molecule has 17 heavy (non-hydrogen) atoms. The van der Waals surface area contributed by atoms with E-state index in [0.29, 0.717) is 12.7 Å². The van der Waals surface area contributed by atoms with Gasteiger partial charge in [-0.05, 0) is 38.8 Å². The minimum Gasteiger partial charge on any atom is -0.376 e. The van der Waals surface area contributed by atoms with Crippen molar-refractivity contribution in [2.75, 3.05) is 26.2 Å². The zero-order valence-electron chi connectivity index (χ0n) is 10.3. The number of ether oxygens (including phenoxy) is 1. The Labute approximate surface area is 103 Å². The maximum Gasteiger partial charge on any atom is 0.210 e. The highest BCUT2D eigenvalue weighted by atomic mass is 16.5. The van der Waals surface area contributed by atoms with Crippen molar-refractivity contribution in [1.82, 2.24) is 10.2 Å². The van der Waals surface area contributed by atoms with Gasteiger partial charge in [0.05, 0.1) is 18.8 Å². The molecule has 0 spiro atoms. The van der Waals surface area contributed by atoms with Crippen LogP contribution in [0.25, 0.3) is 0 Å². The van der Waals surface area contributed by atoms with Crippen LogP contribution in [0, 0.1) is 0 Å². The van der Waals surface area contributed by atoms with E-state index in [4.69, 9.17) is 10.5 Å². The van der Waals surface area contributed by atoms with Crippen LogP contribution in [-0.4, -0.2) is 55.7 Å². The average Bonchev–Trinajstić information content (AvgIpc) is 2.38. The van der Waals surface area contributed by atoms with Crippen molar-refractivity contribution in [3.63, 3.8) is 0 Å². The highest BCUT2D eigenvalue weighted by Gasteiger charge is 2.29. The Bertz CT molecular complexity index is 244. The summed E-state index contributed by atoms with van der Waals surface area (Å²) in [6.07, 6.45) is 5.36. The lowest BCUT2D eigenvalue weighted by Gasteiger charge is -2.38. The van der Waals surface area contributed by atoms with Crippen LogP contribution in [-0.2, 0) is 9.53 Å². The number of hydrogen-bond donors (Lipinski definition) is 2. The summed E-state index contributed by atoms with van der Waals surface area (Å²) in [5.74, 6) is 0. The van der Waals surface area contributed by atoms with Crippen molar-refractivity contribution in [2.45, 2.75) is 43.9 Å². The summed E-state index contributed by atoms with van der Waals surface area (Å²) in [6, 6.07) is 0.131. The topological polar surface area (TPSA) is 67.6 Å². The number of nitrogens with one attached hydrogen (secondary N) is 1. The van der Waals surface area contributed by atoms with Crippen molar-refractivity contribution in [1.29, 1.82) is 0 Å². The van der Waals surface area contributed by atoms with Gasteiger partial charge in [0.1, 0.15) is 0 Å². The molecule has 2 atom stereocenters. The van der Waals surface area contributed by atoms with Crippen LogP contribution in [0.4, 0.5) is 0 Å². The first-order valence-corrected chi connectivity index (χ1v) is 6.60. The number of hydrogen-bond acceptors (Lipinski definition) is 4. The first-order chi connectivity index (χ1) is 8.31. The first-order valence-electron chi connectivity index (χ1n) is 6.60. The molecule has 0 saturated carbocycles. The molecular formula is C12H23N3O2. The van der Waals surface area contributed by atoms with Gasteiger partial charge in [-0.25, -0.2) is 0 Å². The highest BCUT2D eigenvalue weighted by molar-refractivity contribution is 5.48. The van der Waals surface area contributed by atoms with Gasteiger partial charge in [-0.3, -0.25) is 4.79 Å². The zero-order valence-corrected chi connectivity index (χ0v) is 10.3. The van der Waals surface area contributed by atoms with Crippen molar-refractivity contribution < 1.29 is 9.53 Å². The lowest BCUT2D eigenvalue weighted by Crippen LogP contribution is -2.54. The molecule has 2 saturated heterocycles. The molecule has 2 aliphatic rings. The van der Waals surface area contributed by atoms with Gasteiger partial charge in [-0.15, -0.1) is 0 Å². The Kier molecular flexibility index (Phi) is 4.76. The average molecular weight is 241 g/mol. The van der Waals surface area contributed by atoms with E-state index in [9.17, 15) is 4.79 Å². The van der Waals surface area contributed by atoms with Crippen molar-refractivity contribution >= 4 is 6.41 Å². The molecule has 0 aromatic rings. The van der Waals surface area contributed by atoms with Gasteiger partial charge in [0, 0.05) is 12.6 Å². The maximum atomic E-state index is 11.0. The third-order valence-electron chi connectivity index (χ3n) is 3.80. The van der Waals surface area contributed by atoms with E-state index in [-0.39, 0.29) is 12.1 Å². The van der Waals surface area contributed by atoms with E-state index in [2.05, 4.69) is 5.32 Å². The molecule has 0 aromatic carbocycles. The molecule has 3 N–H and O–H groups in total. The number of amides is 1. The van der Waals surface area contributed by atoms with Crippen molar-refractivity contribution in [2.24, 2.45) is 5.73 Å². The minimum atomic E-state index is 0.0654. The number of nitrogens with zero attached hydrogens (tertiary/aromatic N) is 1. The van der Waals surface area contributed by atoms with Crippen LogP contribution >= 0.6 is 0 Å². The van der Waals surface area contributed by atoms with E-state index in [0.717, 1.165) is 51.7 Å². The van der Waals surface area contributed by atoms with Gasteiger partial charge >= 0.3 is 0 Å². The monoisotopic (exact) mass is 241 g/mol. The second kappa shape index (κ2) is 6.33. The second-order valence-corrected chi connectivity index (χ2v) is 5.00. The van der Waals surface area contributed by atoms with Crippen LogP contribution in [0.15, 0.2) is 0 Å². The van der Waals surface area contributed by atoms with Crippen LogP contribution in [0.3, 0.4) is 0 Å². The quantitative estimate of drug-likeness (QED) is 0.663. The SMILES string of the molecule is NC1CCCN(C=O)[C@H]1COC1CCNCC1. The van der Waals surface area contributed by atoms with E-state index in [1.165, 1.54) is 0 Å². The molecule has 1 unspecified atom stereocenters. The summed E-state index contributed by atoms with van der Waals surface area (Å²) >= 11 is 0. The number of rotatable bonds is 4. The molecule has 0 aromatic heterocycles. The summed E-state index contributed by atoms with van der Waals surface area (Å²) in [7, 11) is 0. The lowest BCUT2D eigenvalue weighted by molar-refractivity contribution is -0.124. The van der Waals surface area contributed by atoms with Gasteiger partial charge in [0.15, 0.2) is 0 Å². The molecule has 1 amide bonds. The lowest BCUT2D eigenvalue weighted by atomic mass is 9.98. The Morgan fingerprint density at radius 1 is 1.35 bits per heavy atom. The molecule has 2 rings (SSSR count). The van der Waals surface area contributed by atoms with E-state index in [1.807, 2.05) is 0 Å². The predicted molar refractivity (Wildman–Crippen MR) is 65.6 cm³/mol. The molecule has 2 heterocycles. The highest BCUT2D eigenvalue weighted by Crippen LogP contribution is 2.17. The summed E-state index contributed by atoms with van der Waals surface area (Å²) in [5, 5.41) is 3.31. The van der Waals surface area contributed by atoms with E-state index < -0.39 is 0 Å². The molecule has 5 heteroatoms. The van der Waals surface area contributed by atoms with Gasteiger partial charge in [-0.1, -0.05) is 0 Å². The molecule has 0 bridgehead atoms. The van der Waals surface area contributed by atoms with Crippen molar-refractivity contribution in [3.8, 4) is 0 Å². The standard InChI is InChI=1S/C12H23N3O2/c13-11-2-1-7-15(9-16)12(11)8-17-10-3-5-14-6-4-10/h9-12,14H,1-8,13H2/t11?,12-/m0/s1. The summed E-state index contributed by atoms with van der Waals surface area (Å²) in [4.78, 5) is 12.8. The van der Waals surface area contributed by atoms with Gasteiger partial charge < -0.3 is 20.7 Å². The third kappa shape index (κ3) is 3.40. The van der Waals surface area contributed by atoms with Gasteiger partial charge in [0.25, 0.3) is 0 Å². The molecule has 2 fully saturated rings. The molecule has 5 nitrogen and oxygen atoms in total. The van der Waals surface area contributed by atoms with Gasteiger partial charge in [-0.2, -0.15) is 0 Å². The first kappa shape index (κ1) is 12.8. The third-order valence-corrected chi connectivity index (χ3v) is 3.80. The van der Waals surface area contributed by atoms with Crippen LogP contribution in [0.2, 0.25) is 0 Å². The smallest absolute Gasteiger partial charge is 0.210 e. The molecule has 2 aliphatic heterocycles. The number of likely N-dealkylation sites (tertiary alicyclic amines) is 1. The van der Waals surface area contributed by atoms with E-state index >= 15 is 0 Å². The molecule has 0 aliphatic carbocycles. The Morgan fingerprint density at radius 2 is 2.12 bits per heavy atom. The second-order valence-electron chi connectivity index (χ2n) is 5.00. The van der Waals surface area contributed by atoms with Crippen LogP contribution in [0.5, 0.6) is 0 Å².